The molecule has 2 rings (SSSR count). The van der Waals surface area contributed by atoms with Gasteiger partial charge in [-0.25, -0.2) is 19.9 Å². The topological polar surface area (TPSA) is 86.8 Å². The summed E-state index contributed by atoms with van der Waals surface area (Å²) in [6.45, 7) is 2.24. The molecule has 0 aliphatic carbocycles. The Kier molecular flexibility index (Phi) is 4.06. The highest BCUT2D eigenvalue weighted by Gasteiger charge is 2.06. The van der Waals surface area contributed by atoms with E-state index < -0.39 is 0 Å². The Morgan fingerprint density at radius 2 is 2.17 bits per heavy atom. The summed E-state index contributed by atoms with van der Waals surface area (Å²) in [6, 6.07) is 3.53. The zero-order chi connectivity index (χ0) is 13.0. The average molecular weight is 263 g/mol. The largest absolute Gasteiger partial charge is 0.384 e. The Balaban J connectivity index is 2.23. The van der Waals surface area contributed by atoms with E-state index in [2.05, 4.69) is 19.9 Å². The Labute approximate surface area is 109 Å². The van der Waals surface area contributed by atoms with Gasteiger partial charge in [-0.15, -0.1) is 0 Å². The van der Waals surface area contributed by atoms with E-state index in [0.29, 0.717) is 28.4 Å². The van der Waals surface area contributed by atoms with Crippen molar-refractivity contribution in [3.05, 3.63) is 29.8 Å². The van der Waals surface area contributed by atoms with E-state index in [9.17, 15) is 0 Å². The lowest BCUT2D eigenvalue weighted by Gasteiger charge is -2.04. The van der Waals surface area contributed by atoms with E-state index >= 15 is 0 Å². The zero-order valence-electron chi connectivity index (χ0n) is 10.1. The Bertz CT molecular complexity index is 549. The Morgan fingerprint density at radius 3 is 2.89 bits per heavy atom. The van der Waals surface area contributed by atoms with Crippen LogP contribution in [0.2, 0.25) is 0 Å². The maximum Gasteiger partial charge on any atom is 0.194 e. The second-order valence-electron chi connectivity index (χ2n) is 3.56. The van der Waals surface area contributed by atoms with Gasteiger partial charge >= 0.3 is 0 Å². The number of nitrogens with zero attached hydrogens (tertiary/aromatic N) is 4. The number of methoxy groups -OCH3 is 1. The fourth-order valence-corrected chi connectivity index (χ4v) is 2.13. The molecule has 2 heterocycles. The number of nitrogen functional groups attached to an aromatic ring is 1. The van der Waals surface area contributed by atoms with Crippen LogP contribution in [-0.4, -0.2) is 27.0 Å². The maximum atomic E-state index is 5.71. The molecule has 0 aliphatic rings. The van der Waals surface area contributed by atoms with Crippen LogP contribution in [0.5, 0.6) is 0 Å². The van der Waals surface area contributed by atoms with Crippen LogP contribution in [0, 0.1) is 6.92 Å². The second kappa shape index (κ2) is 5.74. The molecular weight excluding hydrogens is 250 g/mol. The summed E-state index contributed by atoms with van der Waals surface area (Å²) < 4.78 is 4.99. The minimum Gasteiger partial charge on any atom is -0.384 e. The molecule has 2 N–H and O–H groups in total. The summed E-state index contributed by atoms with van der Waals surface area (Å²) in [5.41, 5.74) is 6.62. The molecule has 2 aromatic rings. The number of aromatic nitrogens is 4. The Hall–Kier alpha value is -1.73. The van der Waals surface area contributed by atoms with Crippen molar-refractivity contribution in [1.82, 2.24) is 19.9 Å². The molecule has 0 aromatic carbocycles. The highest BCUT2D eigenvalue weighted by molar-refractivity contribution is 7.99. The van der Waals surface area contributed by atoms with Gasteiger partial charge in [0, 0.05) is 25.1 Å². The number of rotatable bonds is 4. The van der Waals surface area contributed by atoms with Gasteiger partial charge in [0.15, 0.2) is 11.0 Å². The molecule has 0 saturated heterocycles. The second-order valence-corrected chi connectivity index (χ2v) is 4.55. The van der Waals surface area contributed by atoms with E-state index in [1.54, 1.807) is 19.4 Å². The van der Waals surface area contributed by atoms with E-state index in [0.717, 1.165) is 5.69 Å². The normalized spacial score (nSPS) is 10.6. The first kappa shape index (κ1) is 12.7. The van der Waals surface area contributed by atoms with E-state index in [1.165, 1.54) is 11.8 Å². The lowest BCUT2D eigenvalue weighted by molar-refractivity contribution is 0.177. The molecule has 18 heavy (non-hydrogen) atoms. The smallest absolute Gasteiger partial charge is 0.194 e. The number of ether oxygens (including phenoxy) is 1. The third kappa shape index (κ3) is 3.38. The Morgan fingerprint density at radius 1 is 1.33 bits per heavy atom. The van der Waals surface area contributed by atoms with Crippen molar-refractivity contribution in [2.24, 2.45) is 0 Å². The first-order valence-corrected chi connectivity index (χ1v) is 6.09. The molecular formula is C11H13N5OS. The van der Waals surface area contributed by atoms with Gasteiger partial charge in [-0.05, 0) is 24.8 Å². The molecule has 0 aliphatic heterocycles. The molecule has 7 heteroatoms. The van der Waals surface area contributed by atoms with Gasteiger partial charge in [-0.2, -0.15) is 0 Å². The van der Waals surface area contributed by atoms with Crippen molar-refractivity contribution < 1.29 is 4.74 Å². The van der Waals surface area contributed by atoms with Gasteiger partial charge < -0.3 is 10.5 Å². The molecule has 0 radical (unpaired) electrons. The fraction of sp³-hybridized carbons (Fsp3) is 0.273. The molecule has 0 unspecified atom stereocenters. The van der Waals surface area contributed by atoms with E-state index in [4.69, 9.17) is 10.5 Å². The summed E-state index contributed by atoms with van der Waals surface area (Å²) in [4.78, 5) is 16.8. The van der Waals surface area contributed by atoms with Crippen molar-refractivity contribution in [2.75, 3.05) is 12.8 Å². The lowest BCUT2D eigenvalue weighted by Crippen LogP contribution is -2.02. The summed E-state index contributed by atoms with van der Waals surface area (Å²) in [7, 11) is 1.59. The summed E-state index contributed by atoms with van der Waals surface area (Å²) in [5.74, 6) is 0.958. The van der Waals surface area contributed by atoms with Crippen LogP contribution >= 0.6 is 11.8 Å². The highest BCUT2D eigenvalue weighted by Crippen LogP contribution is 2.23. The zero-order valence-corrected chi connectivity index (χ0v) is 10.9. The van der Waals surface area contributed by atoms with Crippen molar-refractivity contribution >= 4 is 17.6 Å². The molecule has 6 nitrogen and oxygen atoms in total. The third-order valence-electron chi connectivity index (χ3n) is 2.01. The predicted octanol–water partition coefficient (Wildman–Crippen LogP) is 1.45. The van der Waals surface area contributed by atoms with Crippen molar-refractivity contribution in [3.63, 3.8) is 0 Å². The van der Waals surface area contributed by atoms with Crippen LogP contribution in [0.4, 0.5) is 5.82 Å². The number of aryl methyl sites for hydroxylation is 1. The SMILES string of the molecule is COCc1nc(N)cc(Sc2nccc(C)n2)n1. The van der Waals surface area contributed by atoms with Crippen LogP contribution in [0.15, 0.2) is 28.5 Å². The van der Waals surface area contributed by atoms with E-state index in [1.807, 2.05) is 13.0 Å². The van der Waals surface area contributed by atoms with Crippen molar-refractivity contribution in [2.45, 2.75) is 23.7 Å². The minimum absolute atomic E-state index is 0.327. The molecule has 0 saturated carbocycles. The van der Waals surface area contributed by atoms with Gasteiger partial charge in [-0.3, -0.25) is 0 Å². The number of hydrogen-bond acceptors (Lipinski definition) is 7. The molecule has 2 aromatic heterocycles. The van der Waals surface area contributed by atoms with Crippen molar-refractivity contribution in [1.29, 1.82) is 0 Å². The molecule has 0 spiro atoms. The van der Waals surface area contributed by atoms with Gasteiger partial charge in [-0.1, -0.05) is 0 Å². The van der Waals surface area contributed by atoms with Gasteiger partial charge in [0.25, 0.3) is 0 Å². The fourth-order valence-electron chi connectivity index (χ4n) is 1.31. The van der Waals surface area contributed by atoms with Crippen LogP contribution < -0.4 is 5.73 Å². The van der Waals surface area contributed by atoms with Crippen LogP contribution in [-0.2, 0) is 11.3 Å². The van der Waals surface area contributed by atoms with Crippen LogP contribution in [0.3, 0.4) is 0 Å². The average Bonchev–Trinajstić information content (AvgIpc) is 2.28. The first-order valence-electron chi connectivity index (χ1n) is 5.27. The quantitative estimate of drug-likeness (QED) is 0.660. The first-order chi connectivity index (χ1) is 8.67. The molecule has 94 valence electrons. The molecule has 0 bridgehead atoms. The van der Waals surface area contributed by atoms with Crippen LogP contribution in [0.25, 0.3) is 0 Å². The molecule has 0 fully saturated rings. The van der Waals surface area contributed by atoms with E-state index in [-0.39, 0.29) is 0 Å². The van der Waals surface area contributed by atoms with Crippen molar-refractivity contribution in [3.8, 4) is 0 Å². The highest BCUT2D eigenvalue weighted by atomic mass is 32.2. The standard InChI is InChI=1S/C11H13N5OS/c1-7-3-4-13-11(14-7)18-10-5-8(12)15-9(16-10)6-17-2/h3-5H,6H2,1-2H3,(H2,12,15,16). The predicted molar refractivity (Wildman–Crippen MR) is 68.0 cm³/mol. The molecule has 0 atom stereocenters. The monoisotopic (exact) mass is 263 g/mol. The third-order valence-corrected chi connectivity index (χ3v) is 2.81. The summed E-state index contributed by atoms with van der Waals surface area (Å²) >= 11 is 1.35. The van der Waals surface area contributed by atoms with Gasteiger partial charge in [0.2, 0.25) is 0 Å². The summed E-state index contributed by atoms with van der Waals surface area (Å²) in [6.07, 6.45) is 1.71. The van der Waals surface area contributed by atoms with Gasteiger partial charge in [0.05, 0.1) is 0 Å². The van der Waals surface area contributed by atoms with Gasteiger partial charge in [0.1, 0.15) is 17.5 Å². The molecule has 0 amide bonds. The number of hydrogen-bond donors (Lipinski definition) is 1. The maximum absolute atomic E-state index is 5.71. The summed E-state index contributed by atoms with van der Waals surface area (Å²) in [5, 5.41) is 1.34. The van der Waals surface area contributed by atoms with Crippen LogP contribution in [0.1, 0.15) is 11.5 Å². The lowest BCUT2D eigenvalue weighted by atomic mass is 10.5. The minimum atomic E-state index is 0.327. The number of anilines is 1. The number of nitrogens with two attached hydrogens (primary N) is 1.